The molecule has 142 heavy (non-hydrogen) atoms. The fraction of sp³-hybridized carbons (Fsp3) is 0. The van der Waals surface area contributed by atoms with Gasteiger partial charge >= 0.3 is 0 Å². The van der Waals surface area contributed by atoms with Gasteiger partial charge in [0.2, 0.25) is 0 Å². The third-order valence-electron chi connectivity index (χ3n) is 27.9. The summed E-state index contributed by atoms with van der Waals surface area (Å²) in [5.41, 5.74) is 32.7. The van der Waals surface area contributed by atoms with Gasteiger partial charge < -0.3 is 13.7 Å². The molecule has 5 aromatic heterocycles. The molecule has 27 rings (SSSR count). The normalized spacial score (nSPS) is 11.5. The van der Waals surface area contributed by atoms with Gasteiger partial charge in [-0.05, 0) is 219 Å². The Morgan fingerprint density at radius 1 is 0.162 bits per heavy atom. The van der Waals surface area contributed by atoms with Crippen LogP contribution in [0.4, 0.5) is 0 Å². The zero-order valence-electron chi connectivity index (χ0n) is 77.6. The number of pyridine rings is 3. The first-order chi connectivity index (χ1) is 70.3. The van der Waals surface area contributed by atoms with E-state index < -0.39 is 7.14 Å². The van der Waals surface area contributed by atoms with Gasteiger partial charge in [-0.15, -0.1) is 0 Å². The zero-order chi connectivity index (χ0) is 94.4. The van der Waals surface area contributed by atoms with Crippen molar-refractivity contribution < 1.29 is 4.57 Å². The molecule has 0 aliphatic carbocycles. The molecule has 666 valence electrons. The summed E-state index contributed by atoms with van der Waals surface area (Å²) in [6.07, 6.45) is 0. The molecular formula is C135H90N5OP. The predicted octanol–water partition coefficient (Wildman–Crippen LogP) is 34.7. The van der Waals surface area contributed by atoms with Crippen LogP contribution < -0.4 is 15.9 Å². The maximum absolute atomic E-state index is 14.8. The summed E-state index contributed by atoms with van der Waals surface area (Å²) in [7, 11) is -3.03. The van der Waals surface area contributed by atoms with Crippen molar-refractivity contribution in [3.8, 4) is 123 Å². The summed E-state index contributed by atoms with van der Waals surface area (Å²) in [6.45, 7) is 0. The molecule has 0 unspecified atom stereocenters. The highest BCUT2D eigenvalue weighted by molar-refractivity contribution is 7.85. The molecule has 0 aliphatic heterocycles. The lowest BCUT2D eigenvalue weighted by Gasteiger charge is -2.20. The standard InChI is InChI=1S/C49H32N2.C43H28N2.C43H30NOP/c1-3-12-35(13-4-1)43-32-46(50-45-28-26-36-14-7-8-19-41(36)49(43)45)39-16-11-15-37(30-39)33-22-24-34(25-23-33)38-27-29-48-44(31-38)42-20-9-10-21-47(42)51(48)40-17-5-2-6-18-40;1-2-11-30(12-3-1)38-28-40(44-39-26-23-31-13-4-5-16-35(31)43(38)39)33-15-10-14-32(27-33)29-21-24-34(25-22-29)45-41-19-8-6-17-36(41)37-18-7-9-20-42(37)45;45-46(36-18-6-2-7-19-36,37-20-8-3-9-21-37)38-26-23-31(24-27-38)34-16-12-17-35(29-34)42-30-40(32-13-4-1-5-14-32)43-39-22-11-10-15-33(39)25-28-41(43)44-42/h1-32H;1-28H;1-30H. The van der Waals surface area contributed by atoms with Crippen LogP contribution in [0.25, 0.3) is 232 Å². The van der Waals surface area contributed by atoms with Gasteiger partial charge in [-0.2, -0.15) is 0 Å². The Bertz CT molecular complexity index is 9430. The Morgan fingerprint density at radius 2 is 0.415 bits per heavy atom. The predicted molar refractivity (Wildman–Crippen MR) is 600 cm³/mol. The first kappa shape index (κ1) is 85.4. The van der Waals surface area contributed by atoms with Crippen molar-refractivity contribution in [2.45, 2.75) is 0 Å². The van der Waals surface area contributed by atoms with Gasteiger partial charge in [0.1, 0.15) is 0 Å². The smallest absolute Gasteiger partial charge is 0.171 e. The van der Waals surface area contributed by atoms with Crippen molar-refractivity contribution in [2.24, 2.45) is 0 Å². The lowest BCUT2D eigenvalue weighted by atomic mass is 9.93. The molecule has 0 saturated carbocycles. The second-order valence-electron chi connectivity index (χ2n) is 36.3. The molecule has 0 atom stereocenters. The van der Waals surface area contributed by atoms with Crippen molar-refractivity contribution in [1.29, 1.82) is 0 Å². The first-order valence-electron chi connectivity index (χ1n) is 48.3. The largest absolute Gasteiger partial charge is 0.309 e. The fourth-order valence-electron chi connectivity index (χ4n) is 21.0. The van der Waals surface area contributed by atoms with E-state index in [1.54, 1.807) is 0 Å². The van der Waals surface area contributed by atoms with Crippen molar-refractivity contribution in [2.75, 3.05) is 0 Å². The average molecular weight is 1830 g/mol. The third kappa shape index (κ3) is 15.9. The number of fused-ring (bicyclic) bond motifs is 15. The van der Waals surface area contributed by atoms with E-state index in [9.17, 15) is 4.57 Å². The minimum atomic E-state index is -3.03. The monoisotopic (exact) mass is 1830 g/mol. The lowest BCUT2D eigenvalue weighted by molar-refractivity contribution is 0.592. The molecule has 0 spiro atoms. The van der Waals surface area contributed by atoms with Crippen LogP contribution in [0.15, 0.2) is 546 Å². The van der Waals surface area contributed by atoms with Gasteiger partial charge in [0.25, 0.3) is 0 Å². The Hall–Kier alpha value is -18.3. The zero-order valence-corrected chi connectivity index (χ0v) is 78.4. The van der Waals surface area contributed by atoms with Crippen LogP contribution in [0.3, 0.4) is 0 Å². The Kier molecular flexibility index (Phi) is 22.2. The molecule has 0 aliphatic rings. The van der Waals surface area contributed by atoms with Crippen LogP contribution in [0.5, 0.6) is 0 Å². The minimum absolute atomic E-state index is 0.820. The van der Waals surface area contributed by atoms with Crippen LogP contribution in [0.1, 0.15) is 0 Å². The maximum atomic E-state index is 14.8. The molecule has 5 heterocycles. The van der Waals surface area contributed by atoms with Crippen LogP contribution in [0.2, 0.25) is 0 Å². The number of aromatic nitrogens is 5. The van der Waals surface area contributed by atoms with E-state index in [1.165, 1.54) is 165 Å². The van der Waals surface area contributed by atoms with Crippen LogP contribution in [0, 0.1) is 0 Å². The molecule has 22 aromatic carbocycles. The van der Waals surface area contributed by atoms with Gasteiger partial charge in [0, 0.05) is 81.7 Å². The van der Waals surface area contributed by atoms with Crippen molar-refractivity contribution in [3.63, 3.8) is 0 Å². The van der Waals surface area contributed by atoms with Crippen molar-refractivity contribution >= 4 is 132 Å². The maximum Gasteiger partial charge on any atom is 0.171 e. The van der Waals surface area contributed by atoms with Gasteiger partial charge in [0.05, 0.1) is 55.7 Å². The summed E-state index contributed by atoms with van der Waals surface area (Å²) in [4.78, 5) is 15.6. The number of benzene rings is 22. The lowest BCUT2D eigenvalue weighted by Crippen LogP contribution is -2.24. The number of nitrogens with zero attached hydrogens (tertiary/aromatic N) is 5. The average Bonchev–Trinajstić information content (AvgIpc) is 1.46. The number of hydrogen-bond donors (Lipinski definition) is 0. The van der Waals surface area contributed by atoms with E-state index >= 15 is 0 Å². The second kappa shape index (κ2) is 37.0. The molecule has 6 nitrogen and oxygen atoms in total. The molecule has 0 saturated heterocycles. The Morgan fingerprint density at radius 3 is 0.782 bits per heavy atom. The van der Waals surface area contributed by atoms with E-state index in [4.69, 9.17) is 15.0 Å². The summed E-state index contributed by atoms with van der Waals surface area (Å²) < 4.78 is 19.6. The van der Waals surface area contributed by atoms with Gasteiger partial charge in [-0.25, -0.2) is 15.0 Å². The van der Waals surface area contributed by atoms with Gasteiger partial charge in [0.15, 0.2) is 7.14 Å². The van der Waals surface area contributed by atoms with Gasteiger partial charge in [-0.1, -0.05) is 437 Å². The Labute approximate surface area is 823 Å². The van der Waals surface area contributed by atoms with Crippen molar-refractivity contribution in [3.05, 3.63) is 546 Å². The summed E-state index contributed by atoms with van der Waals surface area (Å²) in [5.74, 6) is 0. The van der Waals surface area contributed by atoms with E-state index in [0.29, 0.717) is 0 Å². The molecule has 0 N–H and O–H groups in total. The SMILES string of the molecule is O=P(c1ccccc1)(c1ccccc1)c1ccc(-c2cccc(-c3cc(-c4ccccc4)c4c(ccc5ccccc54)n3)c2)cc1.c1ccc(-c2cc(-c3cccc(-c4ccc(-c5ccc6c(c5)c5ccccc5n6-c5ccccc5)cc4)c3)nc3ccc4ccccc4c23)cc1.c1ccc(-c2cc(-c3cccc(-c4ccc(-n5c6ccccc6c6ccccc65)cc4)c3)nc3ccc4ccccc4c23)cc1. The molecule has 0 bridgehead atoms. The summed E-state index contributed by atoms with van der Waals surface area (Å²) in [6, 6.07) is 193. The van der Waals surface area contributed by atoms with E-state index in [0.717, 1.165) is 83.1 Å². The summed E-state index contributed by atoms with van der Waals surface area (Å²) >= 11 is 0. The van der Waals surface area contributed by atoms with Crippen LogP contribution in [-0.2, 0) is 4.57 Å². The molecule has 0 radical (unpaired) electrons. The van der Waals surface area contributed by atoms with Crippen LogP contribution >= 0.6 is 7.14 Å². The Balaban J connectivity index is 0.000000112. The highest BCUT2D eigenvalue weighted by Gasteiger charge is 2.30. The quantitative estimate of drug-likeness (QED) is 0.0758. The fourth-order valence-corrected chi connectivity index (χ4v) is 23.7. The van der Waals surface area contributed by atoms with E-state index in [1.807, 2.05) is 72.8 Å². The number of para-hydroxylation sites is 4. The molecule has 0 fully saturated rings. The van der Waals surface area contributed by atoms with E-state index in [2.05, 4.69) is 482 Å². The molecule has 7 heteroatoms. The van der Waals surface area contributed by atoms with E-state index in [-0.39, 0.29) is 0 Å². The van der Waals surface area contributed by atoms with Gasteiger partial charge in [-0.3, -0.25) is 0 Å². The molecule has 27 aromatic rings. The third-order valence-corrected chi connectivity index (χ3v) is 31.0. The minimum Gasteiger partial charge on any atom is -0.309 e. The molecular weight excluding hydrogens is 1740 g/mol. The molecule has 0 amide bonds. The topological polar surface area (TPSA) is 65.6 Å². The number of hydrogen-bond acceptors (Lipinski definition) is 4. The highest BCUT2D eigenvalue weighted by Crippen LogP contribution is 2.47. The number of rotatable bonds is 15. The van der Waals surface area contributed by atoms with Crippen molar-refractivity contribution in [1.82, 2.24) is 24.1 Å². The first-order valence-corrected chi connectivity index (χ1v) is 50.1. The second-order valence-corrected chi connectivity index (χ2v) is 39.1. The van der Waals surface area contributed by atoms with Crippen LogP contribution in [-0.4, -0.2) is 24.1 Å². The summed E-state index contributed by atoms with van der Waals surface area (Å²) in [5, 5.41) is 18.4. The highest BCUT2D eigenvalue weighted by atomic mass is 31.2.